The summed E-state index contributed by atoms with van der Waals surface area (Å²) in [5.41, 5.74) is 2.28. The lowest BCUT2D eigenvalue weighted by Crippen LogP contribution is -2.60. The highest BCUT2D eigenvalue weighted by atomic mass is 16.5. The molecule has 0 bridgehead atoms. The first-order chi connectivity index (χ1) is 20.4. The number of piperidine rings is 1. The smallest absolute Gasteiger partial charge is 0.331 e. The van der Waals surface area contributed by atoms with Crippen LogP contribution in [0.1, 0.15) is 48.3 Å². The van der Waals surface area contributed by atoms with E-state index < -0.39 is 11.5 Å². The quantitative estimate of drug-likeness (QED) is 0.304. The minimum atomic E-state index is -1.06. The molecule has 0 aromatic heterocycles. The number of likely N-dealkylation sites (N-methyl/N-ethyl adjacent to an activating group) is 1. The van der Waals surface area contributed by atoms with Gasteiger partial charge < -0.3 is 19.9 Å². The van der Waals surface area contributed by atoms with Crippen LogP contribution in [-0.4, -0.2) is 73.5 Å². The van der Waals surface area contributed by atoms with Gasteiger partial charge in [0.1, 0.15) is 5.54 Å². The molecule has 1 atom stereocenters. The highest BCUT2D eigenvalue weighted by molar-refractivity contribution is 5.88. The lowest BCUT2D eigenvalue weighted by Gasteiger charge is -2.41. The standard InChI is InChI=1S/C35H43N3O4/c1-37(24-12-17-28-13-6-3-7-14-28)33(40)31(30-18-10-5-11-19-30)27-38-25-22-35(23-26-38,34(41)42-2)36-32(39)21-20-29-15-8-4-9-16-29/h3-11,13-16,18-19,31H,12,17,20-27H2,1-2H3,(H,36,39). The molecule has 1 unspecified atom stereocenters. The van der Waals surface area contributed by atoms with Crippen LogP contribution in [0.5, 0.6) is 0 Å². The summed E-state index contributed by atoms with van der Waals surface area (Å²) in [5.74, 6) is -0.802. The van der Waals surface area contributed by atoms with Crippen LogP contribution in [0.3, 0.4) is 0 Å². The molecular formula is C35H43N3O4. The van der Waals surface area contributed by atoms with E-state index in [0.29, 0.717) is 51.9 Å². The first-order valence-corrected chi connectivity index (χ1v) is 14.9. The average Bonchev–Trinajstić information content (AvgIpc) is 3.04. The third kappa shape index (κ3) is 8.52. The number of likely N-dealkylation sites (tertiary alicyclic amines) is 1. The predicted molar refractivity (Wildman–Crippen MR) is 165 cm³/mol. The number of amides is 2. The number of carbonyl (C=O) groups is 3. The maximum atomic E-state index is 13.7. The van der Waals surface area contributed by atoms with Gasteiger partial charge in [-0.05, 0) is 48.8 Å². The fraction of sp³-hybridized carbons (Fsp3) is 0.400. The molecule has 0 spiro atoms. The van der Waals surface area contributed by atoms with Crippen molar-refractivity contribution in [3.63, 3.8) is 0 Å². The number of nitrogens with one attached hydrogen (secondary N) is 1. The van der Waals surface area contributed by atoms with Gasteiger partial charge in [-0.1, -0.05) is 91.0 Å². The molecule has 1 aliphatic rings. The summed E-state index contributed by atoms with van der Waals surface area (Å²) in [6.07, 6.45) is 3.58. The van der Waals surface area contributed by atoms with Crippen molar-refractivity contribution in [1.82, 2.24) is 15.1 Å². The van der Waals surface area contributed by atoms with Crippen LogP contribution in [-0.2, 0) is 32.0 Å². The second kappa shape index (κ2) is 15.3. The number of esters is 1. The number of methoxy groups -OCH3 is 1. The number of hydrogen-bond donors (Lipinski definition) is 1. The van der Waals surface area contributed by atoms with Gasteiger partial charge in [0, 0.05) is 39.6 Å². The lowest BCUT2D eigenvalue weighted by atomic mass is 9.86. The molecule has 1 aliphatic heterocycles. The Labute approximate surface area is 249 Å². The van der Waals surface area contributed by atoms with Crippen LogP contribution in [0, 0.1) is 0 Å². The number of rotatable bonds is 13. The van der Waals surface area contributed by atoms with Crippen molar-refractivity contribution in [1.29, 1.82) is 0 Å². The van der Waals surface area contributed by atoms with E-state index in [1.165, 1.54) is 12.7 Å². The molecule has 2 amide bonds. The summed E-state index contributed by atoms with van der Waals surface area (Å²) in [7, 11) is 3.25. The van der Waals surface area contributed by atoms with Crippen molar-refractivity contribution in [2.75, 3.05) is 40.3 Å². The molecule has 7 nitrogen and oxygen atoms in total. The molecule has 7 heteroatoms. The summed E-state index contributed by atoms with van der Waals surface area (Å²) in [6.45, 7) is 2.37. The van der Waals surface area contributed by atoms with E-state index in [1.54, 1.807) is 0 Å². The second-order valence-electron chi connectivity index (χ2n) is 11.2. The van der Waals surface area contributed by atoms with Crippen molar-refractivity contribution in [2.45, 2.75) is 50.0 Å². The van der Waals surface area contributed by atoms with E-state index in [9.17, 15) is 14.4 Å². The normalized spacial score (nSPS) is 15.4. The van der Waals surface area contributed by atoms with E-state index >= 15 is 0 Å². The van der Waals surface area contributed by atoms with Crippen molar-refractivity contribution in [3.05, 3.63) is 108 Å². The van der Waals surface area contributed by atoms with Crippen LogP contribution in [0.15, 0.2) is 91.0 Å². The van der Waals surface area contributed by atoms with Crippen LogP contribution in [0.2, 0.25) is 0 Å². The number of nitrogens with zero attached hydrogens (tertiary/aromatic N) is 2. The summed E-state index contributed by atoms with van der Waals surface area (Å²) in [4.78, 5) is 43.7. The van der Waals surface area contributed by atoms with E-state index in [1.807, 2.05) is 90.8 Å². The van der Waals surface area contributed by atoms with Crippen molar-refractivity contribution in [3.8, 4) is 0 Å². The third-order valence-electron chi connectivity index (χ3n) is 8.27. The molecule has 3 aromatic carbocycles. The Balaban J connectivity index is 1.37. The molecule has 1 heterocycles. The molecule has 3 aromatic rings. The molecule has 42 heavy (non-hydrogen) atoms. The molecule has 1 N–H and O–H groups in total. The Morgan fingerprint density at radius 3 is 1.98 bits per heavy atom. The highest BCUT2D eigenvalue weighted by Gasteiger charge is 2.44. The number of aryl methyl sites for hydroxylation is 2. The topological polar surface area (TPSA) is 79.0 Å². The molecule has 222 valence electrons. The van der Waals surface area contributed by atoms with Crippen LogP contribution >= 0.6 is 0 Å². The van der Waals surface area contributed by atoms with E-state index in [-0.39, 0.29) is 17.7 Å². The zero-order valence-corrected chi connectivity index (χ0v) is 24.8. The predicted octanol–water partition coefficient (Wildman–Crippen LogP) is 4.62. The van der Waals surface area contributed by atoms with Gasteiger partial charge in [-0.25, -0.2) is 4.79 Å². The summed E-state index contributed by atoms with van der Waals surface area (Å²) in [5, 5.41) is 3.02. The van der Waals surface area contributed by atoms with Gasteiger partial charge in [-0.3, -0.25) is 9.59 Å². The van der Waals surface area contributed by atoms with E-state index in [2.05, 4.69) is 22.3 Å². The minimum Gasteiger partial charge on any atom is -0.467 e. The number of carbonyl (C=O) groups excluding carboxylic acids is 3. The molecule has 1 saturated heterocycles. The van der Waals surface area contributed by atoms with Crippen LogP contribution in [0.25, 0.3) is 0 Å². The van der Waals surface area contributed by atoms with E-state index in [0.717, 1.165) is 24.0 Å². The van der Waals surface area contributed by atoms with Crippen molar-refractivity contribution >= 4 is 17.8 Å². The Morgan fingerprint density at radius 1 is 0.857 bits per heavy atom. The van der Waals surface area contributed by atoms with Crippen molar-refractivity contribution < 1.29 is 19.1 Å². The van der Waals surface area contributed by atoms with E-state index in [4.69, 9.17) is 4.74 Å². The third-order valence-corrected chi connectivity index (χ3v) is 8.27. The SMILES string of the molecule is COC(=O)C1(NC(=O)CCc2ccccc2)CCN(CC(C(=O)N(C)CCCc2ccccc2)c2ccccc2)CC1. The second-order valence-corrected chi connectivity index (χ2v) is 11.2. The average molecular weight is 570 g/mol. The number of hydrogen-bond acceptors (Lipinski definition) is 5. The Hall–Kier alpha value is -3.97. The molecule has 0 aliphatic carbocycles. The first kappa shape index (κ1) is 31.0. The van der Waals surface area contributed by atoms with Gasteiger partial charge in [0.05, 0.1) is 13.0 Å². The maximum Gasteiger partial charge on any atom is 0.331 e. The van der Waals surface area contributed by atoms with Gasteiger partial charge in [0.2, 0.25) is 11.8 Å². The van der Waals surface area contributed by atoms with Gasteiger partial charge in [0.25, 0.3) is 0 Å². The van der Waals surface area contributed by atoms with Gasteiger partial charge in [-0.2, -0.15) is 0 Å². The molecule has 1 fully saturated rings. The van der Waals surface area contributed by atoms with Gasteiger partial charge in [-0.15, -0.1) is 0 Å². The Kier molecular flexibility index (Phi) is 11.3. The zero-order valence-electron chi connectivity index (χ0n) is 24.8. The molecular weight excluding hydrogens is 526 g/mol. The largest absolute Gasteiger partial charge is 0.467 e. The fourth-order valence-corrected chi connectivity index (χ4v) is 5.74. The monoisotopic (exact) mass is 569 g/mol. The van der Waals surface area contributed by atoms with Crippen LogP contribution in [0.4, 0.5) is 0 Å². The van der Waals surface area contributed by atoms with Crippen LogP contribution < -0.4 is 5.32 Å². The maximum absolute atomic E-state index is 13.7. The summed E-state index contributed by atoms with van der Waals surface area (Å²) < 4.78 is 5.15. The Morgan fingerprint density at radius 2 is 1.40 bits per heavy atom. The molecule has 4 rings (SSSR count). The minimum absolute atomic E-state index is 0.0910. The zero-order chi connectivity index (χ0) is 29.8. The highest BCUT2D eigenvalue weighted by Crippen LogP contribution is 2.28. The fourth-order valence-electron chi connectivity index (χ4n) is 5.74. The first-order valence-electron chi connectivity index (χ1n) is 14.9. The molecule has 0 saturated carbocycles. The van der Waals surface area contributed by atoms with Crippen molar-refractivity contribution in [2.24, 2.45) is 0 Å². The van der Waals surface area contributed by atoms with Gasteiger partial charge in [0.15, 0.2) is 0 Å². The Bertz CT molecular complexity index is 1280. The number of ether oxygens (including phenoxy) is 1. The summed E-state index contributed by atoms with van der Waals surface area (Å²) >= 11 is 0. The summed E-state index contributed by atoms with van der Waals surface area (Å²) in [6, 6.07) is 30.1. The lowest BCUT2D eigenvalue weighted by molar-refractivity contribution is -0.153. The number of benzene rings is 3. The van der Waals surface area contributed by atoms with Gasteiger partial charge >= 0.3 is 5.97 Å². The molecule has 0 radical (unpaired) electrons.